The van der Waals surface area contributed by atoms with Gasteiger partial charge in [0.15, 0.2) is 17.3 Å². The molecule has 0 amide bonds. The number of pyridine rings is 1. The summed E-state index contributed by atoms with van der Waals surface area (Å²) in [5.41, 5.74) is 1.38. The molecule has 14 heteroatoms. The molecule has 1 aromatic carbocycles. The van der Waals surface area contributed by atoms with Crippen LogP contribution < -0.4 is 14.2 Å². The Morgan fingerprint density at radius 1 is 1.13 bits per heavy atom. The number of nitrogens with one attached hydrogen (secondary N) is 1. The second-order valence-electron chi connectivity index (χ2n) is 5.08. The van der Waals surface area contributed by atoms with E-state index in [1.54, 1.807) is 6.07 Å². The summed E-state index contributed by atoms with van der Waals surface area (Å²) in [6, 6.07) is 5.90. The van der Waals surface area contributed by atoms with Crippen LogP contribution in [0.2, 0.25) is 0 Å². The Balaban J connectivity index is 0. The van der Waals surface area contributed by atoms with Crippen LogP contribution in [0.25, 0.3) is 11.0 Å². The number of hydrogen-bond donors (Lipinski definition) is 1. The Bertz CT molecular complexity index is 920. The third-order valence-electron chi connectivity index (χ3n) is 3.51. The molecule has 0 aliphatic carbocycles. The second-order valence-corrected chi connectivity index (χ2v) is 6.45. The molecule has 0 saturated heterocycles. The molecule has 0 saturated carbocycles. The van der Waals surface area contributed by atoms with Crippen LogP contribution >= 0.6 is 0 Å². The Labute approximate surface area is 195 Å². The van der Waals surface area contributed by atoms with Gasteiger partial charge in [-0.25, -0.2) is 0 Å². The van der Waals surface area contributed by atoms with E-state index in [1.165, 1.54) is 38.6 Å². The number of hydrogen-bond acceptors (Lipinski definition) is 6. The number of rotatable bonds is 7. The minimum absolute atomic E-state index is 0. The van der Waals surface area contributed by atoms with Crippen molar-refractivity contribution in [2.45, 2.75) is 17.5 Å². The van der Waals surface area contributed by atoms with Crippen LogP contribution in [0.4, 0.5) is 8.78 Å². The maximum absolute atomic E-state index is 12.6. The van der Waals surface area contributed by atoms with Crippen LogP contribution in [0, 0.1) is 0 Å². The summed E-state index contributed by atoms with van der Waals surface area (Å²) >= 11 is -1.56. The molecule has 30 heavy (non-hydrogen) atoms. The van der Waals surface area contributed by atoms with Gasteiger partial charge in [-0.2, -0.15) is 13.8 Å². The molecule has 2 aromatic heterocycles. The molecule has 3 rings (SSSR count). The van der Waals surface area contributed by atoms with Crippen molar-refractivity contribution in [3.05, 3.63) is 36.2 Å². The third kappa shape index (κ3) is 6.92. The van der Waals surface area contributed by atoms with E-state index in [2.05, 4.69) is 19.7 Å². The fourth-order valence-corrected chi connectivity index (χ4v) is 3.41. The van der Waals surface area contributed by atoms with E-state index in [0.29, 0.717) is 28.2 Å². The third-order valence-corrected chi connectivity index (χ3v) is 4.67. The summed E-state index contributed by atoms with van der Waals surface area (Å²) in [5, 5.41) is 0.195. The number of aromatic amines is 1. The van der Waals surface area contributed by atoms with E-state index in [0.717, 1.165) is 0 Å². The van der Waals surface area contributed by atoms with Crippen LogP contribution in [-0.2, 0) is 16.9 Å². The number of aromatic nitrogens is 3. The number of halogens is 2. The van der Waals surface area contributed by atoms with Gasteiger partial charge >= 0.3 is 41.3 Å². The van der Waals surface area contributed by atoms with Gasteiger partial charge in [0.2, 0.25) is 0 Å². The topological polar surface area (TPSA) is 187 Å². The van der Waals surface area contributed by atoms with Crippen molar-refractivity contribution < 1.29 is 44.0 Å². The van der Waals surface area contributed by atoms with Gasteiger partial charge in [-0.15, -0.1) is 0 Å². The van der Waals surface area contributed by atoms with Gasteiger partial charge in [0.1, 0.15) is 11.4 Å². The number of methoxy groups -OCH3 is 2. The van der Waals surface area contributed by atoms with Crippen molar-refractivity contribution in [1.82, 2.24) is 15.0 Å². The normalized spacial score (nSPS) is 10.7. The van der Waals surface area contributed by atoms with E-state index in [4.69, 9.17) is 9.47 Å². The summed E-state index contributed by atoms with van der Waals surface area (Å²) in [4.78, 5) is 11.3. The van der Waals surface area contributed by atoms with Crippen molar-refractivity contribution >= 4 is 51.8 Å². The van der Waals surface area contributed by atoms with Gasteiger partial charge < -0.3 is 35.2 Å². The van der Waals surface area contributed by atoms with Crippen LogP contribution in [0.3, 0.4) is 0 Å². The zero-order valence-electron chi connectivity index (χ0n) is 15.4. The SMILES string of the molecule is COc1ccnc(C[S+]([O-])c2nc3cc(OC(F)F)ccc3[nH]2)c1OC.O.O.O.[NaH]. The summed E-state index contributed by atoms with van der Waals surface area (Å²) in [6.07, 6.45) is 1.53. The molecule has 0 fully saturated rings. The van der Waals surface area contributed by atoms with Crippen molar-refractivity contribution in [3.8, 4) is 17.2 Å². The molecule has 0 aliphatic rings. The van der Waals surface area contributed by atoms with Crippen LogP contribution in [0.15, 0.2) is 35.6 Å². The molecule has 1 atom stereocenters. The van der Waals surface area contributed by atoms with Crippen molar-refractivity contribution in [1.29, 1.82) is 0 Å². The molecule has 0 aliphatic heterocycles. The molecule has 10 nitrogen and oxygen atoms in total. The van der Waals surface area contributed by atoms with Crippen LogP contribution in [0.1, 0.15) is 5.69 Å². The molecule has 1 unspecified atom stereocenters. The Kier molecular flexibility index (Phi) is 13.8. The summed E-state index contributed by atoms with van der Waals surface area (Å²) in [5.74, 6) is 0.896. The van der Waals surface area contributed by atoms with Gasteiger partial charge in [0, 0.05) is 29.5 Å². The molecule has 3 aromatic rings. The first-order valence-electron chi connectivity index (χ1n) is 7.40. The molecule has 0 bridgehead atoms. The van der Waals surface area contributed by atoms with Gasteiger partial charge in [-0.05, 0) is 12.1 Å². The van der Waals surface area contributed by atoms with Crippen LogP contribution in [0.5, 0.6) is 17.2 Å². The summed E-state index contributed by atoms with van der Waals surface area (Å²) < 4.78 is 52.1. The Morgan fingerprint density at radius 3 is 2.43 bits per heavy atom. The van der Waals surface area contributed by atoms with Gasteiger partial charge in [-0.1, -0.05) is 0 Å². The van der Waals surface area contributed by atoms with Crippen molar-refractivity contribution in [2.24, 2.45) is 0 Å². The number of benzene rings is 1. The number of nitrogens with zero attached hydrogens (tertiary/aromatic N) is 2. The summed E-state index contributed by atoms with van der Waals surface area (Å²) in [7, 11) is 2.97. The van der Waals surface area contributed by atoms with E-state index in [-0.39, 0.29) is 62.6 Å². The van der Waals surface area contributed by atoms with E-state index in [1.807, 2.05) is 0 Å². The average Bonchev–Trinajstić information content (AvgIpc) is 3.04. The number of fused-ring (bicyclic) bond motifs is 1. The first-order chi connectivity index (χ1) is 12.5. The van der Waals surface area contributed by atoms with Gasteiger partial charge in [-0.3, -0.25) is 9.97 Å². The number of ether oxygens (including phenoxy) is 3. The van der Waals surface area contributed by atoms with Crippen molar-refractivity contribution in [2.75, 3.05) is 14.2 Å². The standard InChI is InChI=1S/C16H15F2N3O4S.Na.3H2O.H/c1-23-13-5-6-19-12(14(13)24-2)8-26(22)16-20-10-4-3-9(25-15(17)18)7-11(10)21-16;;;;;/h3-7,15H,8H2,1-2H3,(H,20,21);;3*1H2;. The number of H-pyrrole nitrogens is 1. The van der Waals surface area contributed by atoms with Gasteiger partial charge in [0.25, 0.3) is 0 Å². The molecule has 0 spiro atoms. The first kappa shape index (κ1) is 30.5. The predicted octanol–water partition coefficient (Wildman–Crippen LogP) is -0.238. The molecule has 0 radical (unpaired) electrons. The van der Waals surface area contributed by atoms with E-state index >= 15 is 0 Å². The van der Waals surface area contributed by atoms with Crippen LogP contribution in [-0.4, -0.2) is 86.3 Å². The second kappa shape index (κ2) is 13.6. The Hall–Kier alpha value is -1.71. The molecule has 164 valence electrons. The van der Waals surface area contributed by atoms with Gasteiger partial charge in [0.05, 0.1) is 25.3 Å². The molecular formula is C16H22F2N3NaO7S. The predicted molar refractivity (Wildman–Crippen MR) is 108 cm³/mol. The van der Waals surface area contributed by atoms with E-state index < -0.39 is 17.8 Å². The fourth-order valence-electron chi connectivity index (χ4n) is 2.39. The minimum atomic E-state index is -2.92. The molecule has 7 N–H and O–H groups in total. The fraction of sp³-hybridized carbons (Fsp3) is 0.250. The zero-order chi connectivity index (χ0) is 18.7. The number of imidazole rings is 1. The van der Waals surface area contributed by atoms with E-state index in [9.17, 15) is 13.3 Å². The molecule has 2 heterocycles. The first-order valence-corrected chi connectivity index (χ1v) is 8.72. The maximum atomic E-state index is 12.6. The Morgan fingerprint density at radius 2 is 1.83 bits per heavy atom. The molecular weight excluding hydrogens is 439 g/mol. The number of alkyl halides is 2. The zero-order valence-corrected chi connectivity index (χ0v) is 16.2. The average molecular weight is 461 g/mol. The van der Waals surface area contributed by atoms with Crippen molar-refractivity contribution in [3.63, 3.8) is 0 Å². The summed E-state index contributed by atoms with van der Waals surface area (Å²) in [6.45, 7) is -2.92. The monoisotopic (exact) mass is 461 g/mol. The quantitative estimate of drug-likeness (QED) is 0.373.